The van der Waals surface area contributed by atoms with Crippen molar-refractivity contribution in [3.8, 4) is 22.9 Å². The second kappa shape index (κ2) is 12.0. The van der Waals surface area contributed by atoms with Crippen LogP contribution in [0.5, 0.6) is 11.6 Å². The number of nitrogens with two attached hydrogens (primary N) is 1. The Morgan fingerprint density at radius 3 is 2.54 bits per heavy atom. The molecular weight excluding hydrogens is 523 g/mol. The minimum Gasteiger partial charge on any atom is -0.493 e. The topological polar surface area (TPSA) is 134 Å². The number of carbonyl (C=O) groups is 1. The molecule has 39 heavy (non-hydrogen) atoms. The number of sulfonamides is 1. The number of anilines is 1. The van der Waals surface area contributed by atoms with Gasteiger partial charge in [0.05, 0.1) is 12.3 Å². The van der Waals surface area contributed by atoms with Gasteiger partial charge in [-0.1, -0.05) is 26.8 Å². The summed E-state index contributed by atoms with van der Waals surface area (Å²) in [7, 11) is -4.31. The number of pyridine rings is 2. The first-order chi connectivity index (χ1) is 18.5. The molecule has 1 amide bonds. The van der Waals surface area contributed by atoms with E-state index in [1.54, 1.807) is 6.07 Å². The Labute approximate surface area is 228 Å². The van der Waals surface area contributed by atoms with Gasteiger partial charge in [0.1, 0.15) is 29.1 Å². The van der Waals surface area contributed by atoms with E-state index in [0.29, 0.717) is 29.5 Å². The van der Waals surface area contributed by atoms with E-state index in [4.69, 9.17) is 15.2 Å². The van der Waals surface area contributed by atoms with Gasteiger partial charge in [0.2, 0.25) is 5.88 Å². The molecule has 1 fully saturated rings. The average molecular weight is 557 g/mol. The number of benzene rings is 1. The van der Waals surface area contributed by atoms with Crippen molar-refractivity contribution < 1.29 is 27.1 Å². The third-order valence-electron chi connectivity index (χ3n) is 6.34. The molecule has 3 aromatic rings. The lowest BCUT2D eigenvalue weighted by atomic mass is 9.89. The minimum absolute atomic E-state index is 0.00118. The van der Waals surface area contributed by atoms with Crippen LogP contribution in [0.1, 0.15) is 56.8 Å². The summed E-state index contributed by atoms with van der Waals surface area (Å²) in [6.45, 7) is 6.57. The number of amides is 1. The van der Waals surface area contributed by atoms with Crippen molar-refractivity contribution in [2.75, 3.05) is 12.3 Å². The van der Waals surface area contributed by atoms with Gasteiger partial charge in [0, 0.05) is 11.6 Å². The molecule has 4 rings (SSSR count). The van der Waals surface area contributed by atoms with Crippen LogP contribution >= 0.6 is 0 Å². The van der Waals surface area contributed by atoms with Crippen LogP contribution in [0.15, 0.2) is 53.6 Å². The van der Waals surface area contributed by atoms with Crippen molar-refractivity contribution in [2.45, 2.75) is 57.6 Å². The lowest BCUT2D eigenvalue weighted by Crippen LogP contribution is -2.32. The first kappa shape index (κ1) is 28.3. The summed E-state index contributed by atoms with van der Waals surface area (Å²) in [4.78, 5) is 21.5. The maximum atomic E-state index is 14.4. The van der Waals surface area contributed by atoms with Crippen LogP contribution in [0, 0.1) is 17.7 Å². The fourth-order valence-electron chi connectivity index (χ4n) is 4.24. The van der Waals surface area contributed by atoms with E-state index < -0.39 is 26.8 Å². The fraction of sp³-hybridized carbons (Fsp3) is 0.393. The molecule has 0 bridgehead atoms. The predicted molar refractivity (Wildman–Crippen MR) is 145 cm³/mol. The van der Waals surface area contributed by atoms with E-state index in [9.17, 15) is 17.6 Å². The number of hydrogen-bond acceptors (Lipinski definition) is 8. The minimum atomic E-state index is -4.31. The summed E-state index contributed by atoms with van der Waals surface area (Å²) in [6.07, 6.45) is 3.27. The largest absolute Gasteiger partial charge is 0.493 e. The molecule has 0 atom stereocenters. The SMILES string of the molecule is CC(C)COc1cc(F)cc(-c2ccc(C(=O)NS(=O)(=O)c3cccc(N)n3)c(OC3CCC(C)CC3)n2)c1. The highest BCUT2D eigenvalue weighted by atomic mass is 32.2. The first-order valence-corrected chi connectivity index (χ1v) is 14.4. The average Bonchev–Trinajstić information content (AvgIpc) is 2.88. The molecule has 0 aliphatic heterocycles. The van der Waals surface area contributed by atoms with E-state index >= 15 is 0 Å². The standard InChI is InChI=1S/C28H33FN4O5S/c1-17(2)16-37-22-14-19(13-20(29)15-22)24-12-11-23(28(31-24)38-21-9-7-18(3)8-10-21)27(34)33-39(35,36)26-6-4-5-25(30)32-26/h4-6,11-15,17-18,21H,7-10,16H2,1-3H3,(H2,30,32)(H,33,34). The number of nitrogens with zero attached hydrogens (tertiary/aromatic N) is 2. The van der Waals surface area contributed by atoms with Crippen LogP contribution in [0.3, 0.4) is 0 Å². The molecule has 0 unspecified atom stereocenters. The van der Waals surface area contributed by atoms with Gasteiger partial charge in [-0.2, -0.15) is 8.42 Å². The number of carbonyl (C=O) groups excluding carboxylic acids is 1. The molecule has 0 radical (unpaired) electrons. The molecule has 3 N–H and O–H groups in total. The second-order valence-corrected chi connectivity index (χ2v) is 11.9. The summed E-state index contributed by atoms with van der Waals surface area (Å²) in [5.41, 5.74) is 6.31. The maximum Gasteiger partial charge on any atom is 0.281 e. The number of rotatable bonds is 9. The number of ether oxygens (including phenoxy) is 2. The molecule has 208 valence electrons. The van der Waals surface area contributed by atoms with Crippen LogP contribution in [-0.2, 0) is 10.0 Å². The van der Waals surface area contributed by atoms with Crippen LogP contribution in [0.25, 0.3) is 11.3 Å². The predicted octanol–water partition coefficient (Wildman–Crippen LogP) is 4.98. The lowest BCUT2D eigenvalue weighted by Gasteiger charge is -2.27. The molecule has 1 saturated carbocycles. The highest BCUT2D eigenvalue weighted by molar-refractivity contribution is 7.90. The van der Waals surface area contributed by atoms with Gasteiger partial charge in [-0.05, 0) is 73.9 Å². The van der Waals surface area contributed by atoms with Crippen LogP contribution in [-0.4, -0.2) is 37.0 Å². The normalized spacial score (nSPS) is 17.6. The quantitative estimate of drug-likeness (QED) is 0.377. The summed E-state index contributed by atoms with van der Waals surface area (Å²) in [6, 6.07) is 11.3. The highest BCUT2D eigenvalue weighted by Gasteiger charge is 2.27. The number of nitrogens with one attached hydrogen (secondary N) is 1. The zero-order valence-electron chi connectivity index (χ0n) is 22.2. The third kappa shape index (κ3) is 7.44. The van der Waals surface area contributed by atoms with Gasteiger partial charge in [-0.3, -0.25) is 4.79 Å². The maximum absolute atomic E-state index is 14.4. The summed E-state index contributed by atoms with van der Waals surface area (Å²) >= 11 is 0. The lowest BCUT2D eigenvalue weighted by molar-refractivity contribution is 0.0960. The first-order valence-electron chi connectivity index (χ1n) is 12.9. The Morgan fingerprint density at radius 1 is 1.10 bits per heavy atom. The van der Waals surface area contributed by atoms with E-state index in [1.165, 1.54) is 42.5 Å². The second-order valence-electron chi connectivity index (χ2n) is 10.3. The van der Waals surface area contributed by atoms with E-state index in [2.05, 4.69) is 16.9 Å². The van der Waals surface area contributed by atoms with Crippen LogP contribution in [0.4, 0.5) is 10.2 Å². The zero-order chi connectivity index (χ0) is 28.2. The van der Waals surface area contributed by atoms with Crippen molar-refractivity contribution in [2.24, 2.45) is 11.8 Å². The van der Waals surface area contributed by atoms with Crippen molar-refractivity contribution in [3.63, 3.8) is 0 Å². The summed E-state index contributed by atoms with van der Waals surface area (Å²) in [5, 5.41) is -0.391. The molecule has 9 nitrogen and oxygen atoms in total. The van der Waals surface area contributed by atoms with Crippen LogP contribution < -0.4 is 19.9 Å². The highest BCUT2D eigenvalue weighted by Crippen LogP contribution is 2.31. The number of hydrogen-bond donors (Lipinski definition) is 2. The van der Waals surface area contributed by atoms with Crippen LogP contribution in [0.2, 0.25) is 0 Å². The molecular formula is C28H33FN4O5S. The Hall–Kier alpha value is -3.73. The fourth-order valence-corrected chi connectivity index (χ4v) is 5.18. The van der Waals surface area contributed by atoms with E-state index in [0.717, 1.165) is 25.7 Å². The Morgan fingerprint density at radius 2 is 1.85 bits per heavy atom. The molecule has 0 spiro atoms. The van der Waals surface area contributed by atoms with E-state index in [1.807, 2.05) is 18.6 Å². The summed E-state index contributed by atoms with van der Waals surface area (Å²) < 4.78 is 54.0. The number of aromatic nitrogens is 2. The van der Waals surface area contributed by atoms with Gasteiger partial charge in [-0.15, -0.1) is 0 Å². The molecule has 1 aliphatic carbocycles. The molecule has 2 heterocycles. The molecule has 11 heteroatoms. The van der Waals surface area contributed by atoms with Gasteiger partial charge in [0.25, 0.3) is 15.9 Å². The summed E-state index contributed by atoms with van der Waals surface area (Å²) in [5.74, 6) is -0.291. The molecule has 2 aromatic heterocycles. The number of nitrogen functional groups attached to an aromatic ring is 1. The van der Waals surface area contributed by atoms with Gasteiger partial charge < -0.3 is 15.2 Å². The molecule has 1 aliphatic rings. The van der Waals surface area contributed by atoms with Crippen molar-refractivity contribution in [3.05, 3.63) is 59.9 Å². The van der Waals surface area contributed by atoms with Gasteiger partial charge in [-0.25, -0.2) is 19.1 Å². The van der Waals surface area contributed by atoms with Gasteiger partial charge in [0.15, 0.2) is 5.03 Å². The zero-order valence-corrected chi connectivity index (χ0v) is 23.0. The van der Waals surface area contributed by atoms with E-state index in [-0.39, 0.29) is 29.3 Å². The third-order valence-corrected chi connectivity index (χ3v) is 7.58. The van der Waals surface area contributed by atoms with Gasteiger partial charge >= 0.3 is 0 Å². The number of halogens is 1. The molecule has 1 aromatic carbocycles. The van der Waals surface area contributed by atoms with Crippen molar-refractivity contribution >= 4 is 21.7 Å². The smallest absolute Gasteiger partial charge is 0.281 e. The molecule has 0 saturated heterocycles. The Kier molecular flexibility index (Phi) is 8.69. The van der Waals surface area contributed by atoms with Crippen molar-refractivity contribution in [1.82, 2.24) is 14.7 Å². The Balaban J connectivity index is 1.67. The monoisotopic (exact) mass is 556 g/mol. The van der Waals surface area contributed by atoms with Crippen molar-refractivity contribution in [1.29, 1.82) is 0 Å². The Bertz CT molecular complexity index is 1440.